The maximum atomic E-state index is 5.97. The summed E-state index contributed by atoms with van der Waals surface area (Å²) in [5.41, 5.74) is 1.31. The quantitative estimate of drug-likeness (QED) is 0.901. The number of hydrogen-bond donors (Lipinski definition) is 1. The molecule has 3 rings (SSSR count). The minimum absolute atomic E-state index is 0.276. The van der Waals surface area contributed by atoms with Gasteiger partial charge in [-0.15, -0.1) is 0 Å². The van der Waals surface area contributed by atoms with Gasteiger partial charge in [-0.3, -0.25) is 0 Å². The van der Waals surface area contributed by atoms with Crippen LogP contribution >= 0.6 is 0 Å². The monoisotopic (exact) mass is 287 g/mol. The lowest BCUT2D eigenvalue weighted by molar-refractivity contribution is 0.123. The van der Waals surface area contributed by atoms with Gasteiger partial charge in [0.1, 0.15) is 11.5 Å². The highest BCUT2D eigenvalue weighted by Gasteiger charge is 2.31. The van der Waals surface area contributed by atoms with E-state index >= 15 is 0 Å². The van der Waals surface area contributed by atoms with Gasteiger partial charge in [0.05, 0.1) is 19.3 Å². The Morgan fingerprint density at radius 2 is 2.19 bits per heavy atom. The van der Waals surface area contributed by atoms with Crippen LogP contribution in [-0.4, -0.2) is 25.8 Å². The lowest BCUT2D eigenvalue weighted by Crippen LogP contribution is -2.44. The van der Waals surface area contributed by atoms with Gasteiger partial charge in [0, 0.05) is 5.92 Å². The smallest absolute Gasteiger partial charge is 0.122 e. The number of fused-ring (bicyclic) bond motifs is 1. The van der Waals surface area contributed by atoms with Crippen LogP contribution in [0.3, 0.4) is 0 Å². The summed E-state index contributed by atoms with van der Waals surface area (Å²) in [5.74, 6) is 2.61. The Balaban J connectivity index is 1.76. The van der Waals surface area contributed by atoms with Gasteiger partial charge >= 0.3 is 0 Å². The number of ether oxygens (including phenoxy) is 2. The number of allylic oxidation sites excluding steroid dienone is 1. The van der Waals surface area contributed by atoms with Crippen molar-refractivity contribution in [1.82, 2.24) is 5.32 Å². The van der Waals surface area contributed by atoms with Crippen LogP contribution in [0.2, 0.25) is 0 Å². The minimum atomic E-state index is 0.276. The normalized spacial score (nSPS) is 22.5. The lowest BCUT2D eigenvalue weighted by Gasteiger charge is -2.34. The van der Waals surface area contributed by atoms with E-state index in [0.717, 1.165) is 57.0 Å². The third-order valence-corrected chi connectivity index (χ3v) is 4.26. The number of nitrogens with one attached hydrogen (secondary N) is 1. The third kappa shape index (κ3) is 3.41. The Morgan fingerprint density at radius 3 is 3.00 bits per heavy atom. The molecule has 2 aliphatic rings. The van der Waals surface area contributed by atoms with E-state index in [1.807, 2.05) is 6.07 Å². The van der Waals surface area contributed by atoms with Gasteiger partial charge in [-0.25, -0.2) is 0 Å². The fourth-order valence-corrected chi connectivity index (χ4v) is 3.16. The summed E-state index contributed by atoms with van der Waals surface area (Å²) in [6.45, 7) is 4.83. The Kier molecular flexibility index (Phi) is 4.81. The molecule has 0 saturated carbocycles. The van der Waals surface area contributed by atoms with Crippen molar-refractivity contribution in [3.8, 4) is 5.75 Å². The topological polar surface area (TPSA) is 30.5 Å². The van der Waals surface area contributed by atoms with Crippen LogP contribution in [0.5, 0.6) is 5.75 Å². The second kappa shape index (κ2) is 6.99. The summed E-state index contributed by atoms with van der Waals surface area (Å²) in [6, 6.07) is 8.65. The van der Waals surface area contributed by atoms with Crippen LogP contribution in [0.25, 0.3) is 0 Å². The SMILES string of the molecule is CCCNC(C1=CCCCO1)C1COc2ccccc2C1. The molecule has 2 aliphatic heterocycles. The first-order valence-corrected chi connectivity index (χ1v) is 8.15. The highest BCUT2D eigenvalue weighted by atomic mass is 16.5. The van der Waals surface area contributed by atoms with Gasteiger partial charge in [0.2, 0.25) is 0 Å². The molecule has 1 aromatic carbocycles. The van der Waals surface area contributed by atoms with Crippen molar-refractivity contribution >= 4 is 0 Å². The van der Waals surface area contributed by atoms with E-state index < -0.39 is 0 Å². The average molecular weight is 287 g/mol. The Morgan fingerprint density at radius 1 is 1.29 bits per heavy atom. The molecular weight excluding hydrogens is 262 g/mol. The zero-order valence-electron chi connectivity index (χ0n) is 12.8. The summed E-state index contributed by atoms with van der Waals surface area (Å²) in [6.07, 6.45) is 6.71. The molecule has 2 heterocycles. The van der Waals surface area contributed by atoms with Gasteiger partial charge < -0.3 is 14.8 Å². The molecule has 0 bridgehead atoms. The number of para-hydroxylation sites is 1. The summed E-state index contributed by atoms with van der Waals surface area (Å²) in [4.78, 5) is 0. The molecule has 0 aromatic heterocycles. The van der Waals surface area contributed by atoms with E-state index in [9.17, 15) is 0 Å². The molecule has 114 valence electrons. The highest BCUT2D eigenvalue weighted by Crippen LogP contribution is 2.31. The molecule has 1 aromatic rings. The van der Waals surface area contributed by atoms with Crippen molar-refractivity contribution in [1.29, 1.82) is 0 Å². The Hall–Kier alpha value is -1.48. The molecule has 3 nitrogen and oxygen atoms in total. The van der Waals surface area contributed by atoms with Gasteiger partial charge in [0.15, 0.2) is 0 Å². The molecule has 0 spiro atoms. The maximum absolute atomic E-state index is 5.97. The van der Waals surface area contributed by atoms with Gasteiger partial charge in [-0.2, -0.15) is 0 Å². The maximum Gasteiger partial charge on any atom is 0.122 e. The van der Waals surface area contributed by atoms with E-state index in [1.165, 1.54) is 5.56 Å². The van der Waals surface area contributed by atoms with Gasteiger partial charge in [0.25, 0.3) is 0 Å². The minimum Gasteiger partial charge on any atom is -0.497 e. The van der Waals surface area contributed by atoms with Gasteiger partial charge in [-0.1, -0.05) is 25.1 Å². The molecule has 0 amide bonds. The van der Waals surface area contributed by atoms with Crippen LogP contribution in [0.1, 0.15) is 31.7 Å². The molecule has 0 fully saturated rings. The first-order valence-electron chi connectivity index (χ1n) is 8.15. The Labute approximate surface area is 127 Å². The third-order valence-electron chi connectivity index (χ3n) is 4.26. The number of hydrogen-bond acceptors (Lipinski definition) is 3. The van der Waals surface area contributed by atoms with Crippen molar-refractivity contribution in [3.63, 3.8) is 0 Å². The number of benzene rings is 1. The first-order chi connectivity index (χ1) is 10.4. The molecule has 2 unspecified atom stereocenters. The average Bonchev–Trinajstić information content (AvgIpc) is 2.56. The van der Waals surface area contributed by atoms with E-state index in [2.05, 4.69) is 36.5 Å². The molecule has 0 saturated heterocycles. The van der Waals surface area contributed by atoms with Crippen LogP contribution in [-0.2, 0) is 11.2 Å². The van der Waals surface area contributed by atoms with Crippen LogP contribution in [0.4, 0.5) is 0 Å². The van der Waals surface area contributed by atoms with E-state index in [1.54, 1.807) is 0 Å². The van der Waals surface area contributed by atoms with Crippen LogP contribution in [0.15, 0.2) is 36.1 Å². The fourth-order valence-electron chi connectivity index (χ4n) is 3.16. The highest BCUT2D eigenvalue weighted by molar-refractivity contribution is 5.35. The molecule has 0 aliphatic carbocycles. The number of rotatable bonds is 5. The van der Waals surface area contributed by atoms with E-state index in [4.69, 9.17) is 9.47 Å². The summed E-state index contributed by atoms with van der Waals surface area (Å²) in [5, 5.41) is 3.67. The van der Waals surface area contributed by atoms with Gasteiger partial charge in [-0.05, 0) is 49.9 Å². The summed E-state index contributed by atoms with van der Waals surface area (Å²) in [7, 11) is 0. The molecular formula is C18H25NO2. The molecule has 0 radical (unpaired) electrons. The van der Waals surface area contributed by atoms with E-state index in [-0.39, 0.29) is 6.04 Å². The van der Waals surface area contributed by atoms with Crippen molar-refractivity contribution < 1.29 is 9.47 Å². The van der Waals surface area contributed by atoms with Crippen molar-refractivity contribution in [2.75, 3.05) is 19.8 Å². The molecule has 1 N–H and O–H groups in total. The fraction of sp³-hybridized carbons (Fsp3) is 0.556. The van der Waals surface area contributed by atoms with Crippen LogP contribution in [0, 0.1) is 5.92 Å². The second-order valence-corrected chi connectivity index (χ2v) is 5.91. The van der Waals surface area contributed by atoms with Crippen molar-refractivity contribution in [2.45, 2.75) is 38.6 Å². The summed E-state index contributed by atoms with van der Waals surface area (Å²) >= 11 is 0. The Bertz CT molecular complexity index is 498. The lowest BCUT2D eigenvalue weighted by atomic mass is 9.88. The molecule has 3 heteroatoms. The zero-order valence-corrected chi connectivity index (χ0v) is 12.8. The molecule has 21 heavy (non-hydrogen) atoms. The van der Waals surface area contributed by atoms with Crippen LogP contribution < -0.4 is 10.1 Å². The second-order valence-electron chi connectivity index (χ2n) is 5.91. The van der Waals surface area contributed by atoms with Crippen molar-refractivity contribution in [3.05, 3.63) is 41.7 Å². The predicted octanol–water partition coefficient (Wildman–Crippen LogP) is 3.30. The van der Waals surface area contributed by atoms with Crippen molar-refractivity contribution in [2.24, 2.45) is 5.92 Å². The zero-order chi connectivity index (χ0) is 14.5. The molecule has 2 atom stereocenters. The van der Waals surface area contributed by atoms with E-state index in [0.29, 0.717) is 5.92 Å². The first kappa shape index (κ1) is 14.5. The largest absolute Gasteiger partial charge is 0.497 e. The summed E-state index contributed by atoms with van der Waals surface area (Å²) < 4.78 is 11.9. The predicted molar refractivity (Wildman–Crippen MR) is 84.5 cm³/mol. The standard InChI is InChI=1S/C18H25NO2/c1-2-10-19-18(17-9-5-6-11-20-17)15-12-14-7-3-4-8-16(14)21-13-15/h3-4,7-9,15,18-19H,2,5-6,10-13H2,1H3.